The van der Waals surface area contributed by atoms with Crippen molar-refractivity contribution in [2.45, 2.75) is 60.0 Å². The molecule has 0 radical (unpaired) electrons. The first-order valence-electron chi connectivity index (χ1n) is 7.27. The maximum atomic E-state index is 12.4. The lowest BCUT2D eigenvalue weighted by Crippen LogP contribution is -2.39. The number of ether oxygens (including phenoxy) is 1. The third-order valence-electron chi connectivity index (χ3n) is 3.36. The second-order valence-electron chi connectivity index (χ2n) is 5.64. The van der Waals surface area contributed by atoms with Gasteiger partial charge in [-0.3, -0.25) is 9.59 Å². The van der Waals surface area contributed by atoms with Crippen LogP contribution in [0.25, 0.3) is 0 Å². The lowest BCUT2D eigenvalue weighted by molar-refractivity contribution is -0.162. The van der Waals surface area contributed by atoms with E-state index in [2.05, 4.69) is 18.4 Å². The van der Waals surface area contributed by atoms with Gasteiger partial charge in [0.1, 0.15) is 5.41 Å². The number of allylic oxidation sites excluding steroid dienone is 1. The minimum Gasteiger partial charge on any atom is -0.448 e. The lowest BCUT2D eigenvalue weighted by atomic mass is 9.84. The van der Waals surface area contributed by atoms with Crippen LogP contribution in [0.4, 0.5) is 0 Å². The molecule has 0 heterocycles. The molecule has 0 aromatic carbocycles. The first-order chi connectivity index (χ1) is 9.69. The van der Waals surface area contributed by atoms with Crippen molar-refractivity contribution in [2.24, 2.45) is 11.3 Å². The second-order valence-corrected chi connectivity index (χ2v) is 5.98. The Morgan fingerprint density at radius 1 is 1.29 bits per heavy atom. The second kappa shape index (κ2) is 8.89. The molecule has 0 fully saturated rings. The zero-order valence-corrected chi connectivity index (χ0v) is 14.3. The number of halogens is 1. The number of carbonyl (C=O) groups is 2. The van der Waals surface area contributed by atoms with Crippen molar-refractivity contribution in [1.82, 2.24) is 0 Å². The van der Waals surface area contributed by atoms with Gasteiger partial charge in [0.15, 0.2) is 6.10 Å². The predicted octanol–water partition coefficient (Wildman–Crippen LogP) is 4.10. The van der Waals surface area contributed by atoms with Gasteiger partial charge in [-0.1, -0.05) is 46.1 Å². The molecule has 3 nitrogen and oxygen atoms in total. The molecule has 0 N–H and O–H groups in total. The molecule has 0 rings (SSSR count). The molecule has 0 saturated heterocycles. The molecule has 0 saturated carbocycles. The van der Waals surface area contributed by atoms with Gasteiger partial charge in [-0.05, 0) is 49.3 Å². The van der Waals surface area contributed by atoms with Crippen LogP contribution < -0.4 is 0 Å². The molecule has 0 aromatic heterocycles. The summed E-state index contributed by atoms with van der Waals surface area (Å²) in [4.78, 5) is 24.0. The van der Waals surface area contributed by atoms with Crippen LogP contribution in [0.5, 0.6) is 0 Å². The Morgan fingerprint density at radius 3 is 2.14 bits per heavy atom. The minimum absolute atomic E-state index is 0.312. The quantitative estimate of drug-likeness (QED) is 0.308. The maximum absolute atomic E-state index is 12.4. The van der Waals surface area contributed by atoms with Crippen LogP contribution in [0.2, 0.25) is 0 Å². The molecule has 21 heavy (non-hydrogen) atoms. The Bertz CT molecular complexity index is 450. The van der Waals surface area contributed by atoms with E-state index < -0.39 is 22.7 Å². The van der Waals surface area contributed by atoms with Crippen LogP contribution in [-0.4, -0.2) is 17.3 Å². The van der Waals surface area contributed by atoms with E-state index in [-0.39, 0.29) is 0 Å². The number of esters is 1. The van der Waals surface area contributed by atoms with E-state index >= 15 is 0 Å². The molecule has 4 heteroatoms. The summed E-state index contributed by atoms with van der Waals surface area (Å²) in [6.07, 6.45) is 0.675. The summed E-state index contributed by atoms with van der Waals surface area (Å²) in [6, 6.07) is 0. The van der Waals surface area contributed by atoms with Crippen LogP contribution >= 0.6 is 11.6 Å². The molecular formula is C17H25ClO3. The molecule has 0 aliphatic carbocycles. The zero-order valence-electron chi connectivity index (χ0n) is 13.6. The monoisotopic (exact) mass is 312 g/mol. The van der Waals surface area contributed by atoms with E-state index in [1.165, 1.54) is 0 Å². The van der Waals surface area contributed by atoms with E-state index in [4.69, 9.17) is 16.3 Å². The van der Waals surface area contributed by atoms with Gasteiger partial charge in [0.2, 0.25) is 5.24 Å². The molecule has 0 aliphatic heterocycles. The topological polar surface area (TPSA) is 43.4 Å². The van der Waals surface area contributed by atoms with Crippen LogP contribution in [0.1, 0.15) is 53.9 Å². The van der Waals surface area contributed by atoms with E-state index in [0.29, 0.717) is 30.8 Å². The summed E-state index contributed by atoms with van der Waals surface area (Å²) in [6.45, 7) is 13.0. The summed E-state index contributed by atoms with van der Waals surface area (Å²) < 4.78 is 5.46. The Labute approximate surface area is 133 Å². The minimum atomic E-state index is -1.28. The molecule has 1 atom stereocenters. The summed E-state index contributed by atoms with van der Waals surface area (Å²) >= 11 is 5.62. The molecule has 0 bridgehead atoms. The number of carbonyl (C=O) groups excluding carboxylic acids is 2. The standard InChI is InChI=1S/C17H25ClO3/c1-7-17(8-2,15(18)19)16(20)21-14(11-13(5)6)10-9-12(3)4/h13-14H,3,7-8,11H2,1-2,4-6H3. The van der Waals surface area contributed by atoms with Crippen molar-refractivity contribution in [3.8, 4) is 11.8 Å². The van der Waals surface area contributed by atoms with Crippen molar-refractivity contribution < 1.29 is 14.3 Å². The van der Waals surface area contributed by atoms with Crippen molar-refractivity contribution in [1.29, 1.82) is 0 Å². The van der Waals surface area contributed by atoms with Crippen molar-refractivity contribution in [2.75, 3.05) is 0 Å². The Morgan fingerprint density at radius 2 is 1.81 bits per heavy atom. The van der Waals surface area contributed by atoms with Gasteiger partial charge in [0.05, 0.1) is 0 Å². The van der Waals surface area contributed by atoms with E-state index in [1.807, 2.05) is 13.8 Å². The van der Waals surface area contributed by atoms with Gasteiger partial charge < -0.3 is 4.74 Å². The fraction of sp³-hybridized carbons (Fsp3) is 0.647. The zero-order chi connectivity index (χ0) is 16.6. The molecule has 0 aliphatic rings. The molecular weight excluding hydrogens is 288 g/mol. The first-order valence-corrected chi connectivity index (χ1v) is 7.65. The highest BCUT2D eigenvalue weighted by atomic mass is 35.5. The molecule has 118 valence electrons. The predicted molar refractivity (Wildman–Crippen MR) is 85.8 cm³/mol. The van der Waals surface area contributed by atoms with E-state index in [1.54, 1.807) is 20.8 Å². The normalized spacial score (nSPS) is 12.3. The third kappa shape index (κ3) is 5.93. The summed E-state index contributed by atoms with van der Waals surface area (Å²) in [5.41, 5.74) is -0.577. The summed E-state index contributed by atoms with van der Waals surface area (Å²) in [5, 5.41) is -0.673. The van der Waals surface area contributed by atoms with Crippen LogP contribution in [-0.2, 0) is 14.3 Å². The van der Waals surface area contributed by atoms with E-state index in [0.717, 1.165) is 0 Å². The SMILES string of the molecule is C=C(C)C#CC(CC(C)C)OC(=O)C(CC)(CC)C(=O)Cl. The van der Waals surface area contributed by atoms with Gasteiger partial charge in [-0.2, -0.15) is 0 Å². The Balaban J connectivity index is 5.24. The Kier molecular flexibility index (Phi) is 8.36. The van der Waals surface area contributed by atoms with Gasteiger partial charge in [0.25, 0.3) is 0 Å². The molecule has 0 aromatic rings. The lowest BCUT2D eigenvalue weighted by Gasteiger charge is -2.27. The van der Waals surface area contributed by atoms with Crippen molar-refractivity contribution in [3.05, 3.63) is 12.2 Å². The summed E-state index contributed by atoms with van der Waals surface area (Å²) in [5.74, 6) is 5.45. The number of rotatable bonds is 7. The molecule has 1 unspecified atom stereocenters. The van der Waals surface area contributed by atoms with Gasteiger partial charge in [-0.25, -0.2) is 0 Å². The fourth-order valence-electron chi connectivity index (χ4n) is 1.91. The smallest absolute Gasteiger partial charge is 0.322 e. The summed E-state index contributed by atoms with van der Waals surface area (Å²) in [7, 11) is 0. The average Bonchev–Trinajstić information content (AvgIpc) is 2.37. The van der Waals surface area contributed by atoms with Crippen molar-refractivity contribution in [3.63, 3.8) is 0 Å². The van der Waals surface area contributed by atoms with Crippen LogP contribution in [0.15, 0.2) is 12.2 Å². The highest BCUT2D eigenvalue weighted by Crippen LogP contribution is 2.32. The van der Waals surface area contributed by atoms with E-state index in [9.17, 15) is 9.59 Å². The number of hydrogen-bond acceptors (Lipinski definition) is 3. The van der Waals surface area contributed by atoms with Crippen LogP contribution in [0.3, 0.4) is 0 Å². The number of hydrogen-bond donors (Lipinski definition) is 0. The van der Waals surface area contributed by atoms with Gasteiger partial charge in [-0.15, -0.1) is 0 Å². The third-order valence-corrected chi connectivity index (χ3v) is 3.72. The largest absolute Gasteiger partial charge is 0.448 e. The van der Waals surface area contributed by atoms with Gasteiger partial charge in [0, 0.05) is 0 Å². The fourth-order valence-corrected chi connectivity index (χ4v) is 2.25. The first kappa shape index (κ1) is 19.7. The average molecular weight is 313 g/mol. The maximum Gasteiger partial charge on any atom is 0.322 e. The Hall–Kier alpha value is -1.27. The highest BCUT2D eigenvalue weighted by Gasteiger charge is 2.44. The highest BCUT2D eigenvalue weighted by molar-refractivity contribution is 6.66. The van der Waals surface area contributed by atoms with Gasteiger partial charge >= 0.3 is 5.97 Å². The molecule has 0 amide bonds. The molecule has 0 spiro atoms. The van der Waals surface area contributed by atoms with Crippen molar-refractivity contribution >= 4 is 22.8 Å². The van der Waals surface area contributed by atoms with Crippen LogP contribution in [0, 0.1) is 23.2 Å².